The highest BCUT2D eigenvalue weighted by molar-refractivity contribution is 7.13. The molecular formula is C12H9N3OS. The maximum absolute atomic E-state index is 11.8. The smallest absolute Gasteiger partial charge is 0.268 e. The molecule has 17 heavy (non-hydrogen) atoms. The van der Waals surface area contributed by atoms with Gasteiger partial charge in [0.1, 0.15) is 4.83 Å². The molecule has 0 aromatic carbocycles. The zero-order valence-electron chi connectivity index (χ0n) is 9.12. The quantitative estimate of drug-likeness (QED) is 0.657. The van der Waals surface area contributed by atoms with Crippen LogP contribution in [-0.2, 0) is 7.05 Å². The summed E-state index contributed by atoms with van der Waals surface area (Å²) in [5.41, 5.74) is 1.96. The molecule has 3 heterocycles. The summed E-state index contributed by atoms with van der Waals surface area (Å²) in [6, 6.07) is 5.69. The molecule has 0 aliphatic rings. The molecule has 0 aliphatic carbocycles. The highest BCUT2D eigenvalue weighted by Crippen LogP contribution is 2.22. The van der Waals surface area contributed by atoms with E-state index in [0.717, 1.165) is 16.0 Å². The minimum absolute atomic E-state index is 0.00778. The molecule has 5 heteroatoms. The molecular weight excluding hydrogens is 234 g/mol. The van der Waals surface area contributed by atoms with Gasteiger partial charge < -0.3 is 0 Å². The minimum Gasteiger partial charge on any atom is -0.268 e. The number of aryl methyl sites for hydroxylation is 1. The summed E-state index contributed by atoms with van der Waals surface area (Å²) >= 11 is 1.36. The van der Waals surface area contributed by atoms with Gasteiger partial charge in [0.15, 0.2) is 0 Å². The molecule has 0 spiro atoms. The molecule has 0 radical (unpaired) electrons. The molecule has 0 saturated heterocycles. The highest BCUT2D eigenvalue weighted by atomic mass is 32.1. The van der Waals surface area contributed by atoms with Crippen molar-refractivity contribution in [1.82, 2.24) is 13.9 Å². The van der Waals surface area contributed by atoms with E-state index in [4.69, 9.17) is 0 Å². The Morgan fingerprint density at radius 1 is 1.24 bits per heavy atom. The van der Waals surface area contributed by atoms with Gasteiger partial charge >= 0.3 is 0 Å². The lowest BCUT2D eigenvalue weighted by molar-refractivity contribution is 0.989. The number of hydrogen-bond donors (Lipinski definition) is 0. The Kier molecular flexibility index (Phi) is 2.26. The molecule has 3 aromatic rings. The monoisotopic (exact) mass is 243 g/mol. The highest BCUT2D eigenvalue weighted by Gasteiger charge is 2.07. The molecule has 3 aromatic heterocycles. The van der Waals surface area contributed by atoms with Crippen molar-refractivity contribution in [3.63, 3.8) is 0 Å². The third-order valence-electron chi connectivity index (χ3n) is 2.60. The summed E-state index contributed by atoms with van der Waals surface area (Å²) in [6.07, 6.45) is 5.24. The summed E-state index contributed by atoms with van der Waals surface area (Å²) in [7, 11) is 1.75. The van der Waals surface area contributed by atoms with E-state index >= 15 is 0 Å². The maximum atomic E-state index is 11.8. The number of aromatic nitrogens is 3. The van der Waals surface area contributed by atoms with Crippen LogP contribution in [0.2, 0.25) is 0 Å². The molecule has 0 fully saturated rings. The van der Waals surface area contributed by atoms with E-state index in [9.17, 15) is 4.79 Å². The average Bonchev–Trinajstić information content (AvgIpc) is 2.66. The first-order valence-corrected chi connectivity index (χ1v) is 5.89. The lowest BCUT2D eigenvalue weighted by Crippen LogP contribution is -2.07. The molecule has 84 valence electrons. The third-order valence-corrected chi connectivity index (χ3v) is 3.54. The van der Waals surface area contributed by atoms with Crippen molar-refractivity contribution >= 4 is 21.7 Å². The standard InChI is InChI=1S/C12H9N3OS/c1-15-12(16)10-6-9(7-14-11(10)17-15)8-2-4-13-5-3-8/h2-7H,1H3. The van der Waals surface area contributed by atoms with Gasteiger partial charge in [-0.1, -0.05) is 0 Å². The van der Waals surface area contributed by atoms with Crippen LogP contribution < -0.4 is 5.56 Å². The third kappa shape index (κ3) is 1.64. The molecule has 3 rings (SSSR count). The summed E-state index contributed by atoms with van der Waals surface area (Å²) < 4.78 is 1.59. The molecule has 0 bridgehead atoms. The average molecular weight is 243 g/mol. The predicted molar refractivity (Wildman–Crippen MR) is 68.1 cm³/mol. The molecule has 0 N–H and O–H groups in total. The van der Waals surface area contributed by atoms with E-state index in [-0.39, 0.29) is 5.56 Å². The van der Waals surface area contributed by atoms with E-state index in [2.05, 4.69) is 9.97 Å². The van der Waals surface area contributed by atoms with Crippen molar-refractivity contribution in [3.05, 3.63) is 47.1 Å². The summed E-state index contributed by atoms with van der Waals surface area (Å²) in [4.78, 5) is 20.9. The first-order chi connectivity index (χ1) is 8.25. The van der Waals surface area contributed by atoms with Gasteiger partial charge in [0.05, 0.1) is 5.39 Å². The second kappa shape index (κ2) is 3.78. The second-order valence-electron chi connectivity index (χ2n) is 3.71. The Labute approximate surface area is 101 Å². The van der Waals surface area contributed by atoms with E-state index < -0.39 is 0 Å². The Morgan fingerprint density at radius 3 is 2.76 bits per heavy atom. The minimum atomic E-state index is 0.00778. The van der Waals surface area contributed by atoms with Crippen LogP contribution in [0.3, 0.4) is 0 Å². The van der Waals surface area contributed by atoms with Gasteiger partial charge in [-0.2, -0.15) is 0 Å². The molecule has 0 aliphatic heterocycles. The number of pyridine rings is 2. The van der Waals surface area contributed by atoms with Crippen molar-refractivity contribution in [2.45, 2.75) is 0 Å². The van der Waals surface area contributed by atoms with Crippen LogP contribution in [0.4, 0.5) is 0 Å². The van der Waals surface area contributed by atoms with E-state index in [1.54, 1.807) is 29.6 Å². The van der Waals surface area contributed by atoms with Crippen molar-refractivity contribution in [2.75, 3.05) is 0 Å². The molecule has 0 amide bonds. The maximum Gasteiger partial charge on any atom is 0.269 e. The van der Waals surface area contributed by atoms with Gasteiger partial charge in [-0.3, -0.25) is 13.7 Å². The van der Waals surface area contributed by atoms with Gasteiger partial charge in [-0.15, -0.1) is 0 Å². The van der Waals surface area contributed by atoms with Crippen LogP contribution in [0.5, 0.6) is 0 Å². The zero-order valence-corrected chi connectivity index (χ0v) is 9.94. The summed E-state index contributed by atoms with van der Waals surface area (Å²) in [6.45, 7) is 0. The Balaban J connectivity index is 2.27. The molecule has 0 atom stereocenters. The number of rotatable bonds is 1. The van der Waals surface area contributed by atoms with E-state index in [1.165, 1.54) is 11.5 Å². The van der Waals surface area contributed by atoms with Crippen molar-refractivity contribution in [3.8, 4) is 11.1 Å². The Bertz CT molecular complexity index is 730. The number of fused-ring (bicyclic) bond motifs is 1. The topological polar surface area (TPSA) is 47.8 Å². The second-order valence-corrected chi connectivity index (χ2v) is 4.82. The van der Waals surface area contributed by atoms with Gasteiger partial charge in [0.25, 0.3) is 5.56 Å². The fourth-order valence-electron chi connectivity index (χ4n) is 1.72. The summed E-state index contributed by atoms with van der Waals surface area (Å²) in [5.74, 6) is 0. The molecule has 4 nitrogen and oxygen atoms in total. The fourth-order valence-corrected chi connectivity index (χ4v) is 2.51. The molecule has 0 unspecified atom stereocenters. The Morgan fingerprint density at radius 2 is 2.00 bits per heavy atom. The lowest BCUT2D eigenvalue weighted by atomic mass is 10.1. The van der Waals surface area contributed by atoms with Gasteiger partial charge in [0, 0.05) is 31.2 Å². The van der Waals surface area contributed by atoms with Gasteiger partial charge in [0.2, 0.25) is 0 Å². The lowest BCUT2D eigenvalue weighted by Gasteiger charge is -1.99. The van der Waals surface area contributed by atoms with Crippen LogP contribution >= 0.6 is 11.5 Å². The van der Waals surface area contributed by atoms with Crippen LogP contribution in [0.15, 0.2) is 41.6 Å². The van der Waals surface area contributed by atoms with Crippen LogP contribution in [-0.4, -0.2) is 13.9 Å². The normalized spacial score (nSPS) is 10.9. The van der Waals surface area contributed by atoms with Crippen LogP contribution in [0, 0.1) is 0 Å². The van der Waals surface area contributed by atoms with Crippen LogP contribution in [0.25, 0.3) is 21.3 Å². The number of hydrogen-bond acceptors (Lipinski definition) is 4. The predicted octanol–water partition coefficient (Wildman–Crippen LogP) is 2.06. The van der Waals surface area contributed by atoms with E-state index in [1.807, 2.05) is 18.2 Å². The van der Waals surface area contributed by atoms with Crippen molar-refractivity contribution in [1.29, 1.82) is 0 Å². The van der Waals surface area contributed by atoms with Crippen molar-refractivity contribution < 1.29 is 0 Å². The molecule has 0 saturated carbocycles. The zero-order chi connectivity index (χ0) is 11.8. The van der Waals surface area contributed by atoms with Gasteiger partial charge in [-0.25, -0.2) is 4.98 Å². The fraction of sp³-hybridized carbons (Fsp3) is 0.0833. The first-order valence-electron chi connectivity index (χ1n) is 5.12. The van der Waals surface area contributed by atoms with E-state index in [0.29, 0.717) is 5.39 Å². The Hall–Kier alpha value is -2.01. The van der Waals surface area contributed by atoms with Crippen LogP contribution in [0.1, 0.15) is 0 Å². The van der Waals surface area contributed by atoms with Gasteiger partial charge in [-0.05, 0) is 35.3 Å². The van der Waals surface area contributed by atoms with Crippen molar-refractivity contribution in [2.24, 2.45) is 7.05 Å². The number of nitrogens with zero attached hydrogens (tertiary/aromatic N) is 3. The SMILES string of the molecule is Cn1sc2ncc(-c3ccncc3)cc2c1=O. The largest absolute Gasteiger partial charge is 0.269 e. The first kappa shape index (κ1) is 10.2. The summed E-state index contributed by atoms with van der Waals surface area (Å²) in [5, 5.41) is 0.673.